The van der Waals surface area contributed by atoms with Crippen LogP contribution < -0.4 is 5.32 Å². The molecule has 0 fully saturated rings. The minimum atomic E-state index is -0.767. The molecular weight excluding hydrogens is 286 g/mol. The molecule has 1 aromatic rings. The Bertz CT molecular complexity index is 459. The highest BCUT2D eigenvalue weighted by Gasteiger charge is 2.08. The van der Waals surface area contributed by atoms with Crippen LogP contribution in [-0.4, -0.2) is 29.8 Å². The number of hydrogen-bond donors (Lipinski definition) is 2. The van der Waals surface area contributed by atoms with Gasteiger partial charge >= 0.3 is 5.97 Å². The summed E-state index contributed by atoms with van der Waals surface area (Å²) in [6.45, 7) is 2.58. The summed E-state index contributed by atoms with van der Waals surface area (Å²) in [5.74, 6) is 0.404. The second kappa shape index (κ2) is 9.45. The number of nitrogens with one attached hydrogen (secondary N) is 1. The average Bonchev–Trinajstić information content (AvgIpc) is 2.46. The van der Waals surface area contributed by atoms with E-state index in [-0.39, 0.29) is 12.3 Å². The van der Waals surface area contributed by atoms with Crippen LogP contribution in [0, 0.1) is 5.92 Å². The van der Waals surface area contributed by atoms with Crippen molar-refractivity contribution < 1.29 is 14.7 Å². The zero-order valence-corrected chi connectivity index (χ0v) is 13.4. The predicted molar refractivity (Wildman–Crippen MR) is 86.6 cm³/mol. The molecule has 116 valence electrons. The number of carboxylic acid groups (broad SMARTS) is 1. The van der Waals surface area contributed by atoms with Gasteiger partial charge in [-0.25, -0.2) is 0 Å². The van der Waals surface area contributed by atoms with Crippen molar-refractivity contribution >= 4 is 23.6 Å². The summed E-state index contributed by atoms with van der Waals surface area (Å²) >= 11 is 1.75. The first-order chi connectivity index (χ1) is 10.0. The number of rotatable bonds is 9. The lowest BCUT2D eigenvalue weighted by Crippen LogP contribution is -2.25. The highest BCUT2D eigenvalue weighted by molar-refractivity contribution is 7.97. The van der Waals surface area contributed by atoms with Gasteiger partial charge < -0.3 is 10.4 Å². The number of thioether (sulfide) groups is 1. The molecule has 0 spiro atoms. The van der Waals surface area contributed by atoms with Crippen molar-refractivity contribution in [2.24, 2.45) is 5.92 Å². The summed E-state index contributed by atoms with van der Waals surface area (Å²) in [6, 6.07) is 7.63. The van der Waals surface area contributed by atoms with Crippen LogP contribution in [0.1, 0.15) is 42.1 Å². The van der Waals surface area contributed by atoms with Gasteiger partial charge in [0.2, 0.25) is 0 Å². The summed E-state index contributed by atoms with van der Waals surface area (Å²) < 4.78 is 0. The monoisotopic (exact) mass is 309 g/mol. The van der Waals surface area contributed by atoms with E-state index in [2.05, 4.69) is 5.32 Å². The van der Waals surface area contributed by atoms with E-state index in [1.807, 2.05) is 37.4 Å². The standard InChI is InChI=1S/C16H23NO3S/c1-12(3-8-15(18)19)9-10-17-16(20)14-6-4-13(5-7-14)11-21-2/h4-7,12H,3,8-11H2,1-2H3,(H,17,20)(H,18,19). The van der Waals surface area contributed by atoms with Crippen molar-refractivity contribution in [1.82, 2.24) is 5.32 Å². The summed E-state index contributed by atoms with van der Waals surface area (Å²) in [5, 5.41) is 11.5. The lowest BCUT2D eigenvalue weighted by atomic mass is 10.0. The smallest absolute Gasteiger partial charge is 0.303 e. The van der Waals surface area contributed by atoms with Crippen molar-refractivity contribution in [1.29, 1.82) is 0 Å². The lowest BCUT2D eigenvalue weighted by Gasteiger charge is -2.11. The van der Waals surface area contributed by atoms with Crippen molar-refractivity contribution in [3.8, 4) is 0 Å². The van der Waals surface area contributed by atoms with Gasteiger partial charge in [0.25, 0.3) is 5.91 Å². The maximum atomic E-state index is 12.0. The SMILES string of the molecule is CSCc1ccc(C(=O)NCCC(C)CCC(=O)O)cc1. The average molecular weight is 309 g/mol. The van der Waals surface area contributed by atoms with Crippen LogP contribution in [-0.2, 0) is 10.5 Å². The number of amides is 1. The Hall–Kier alpha value is -1.49. The molecule has 0 bridgehead atoms. The zero-order chi connectivity index (χ0) is 15.7. The normalized spacial score (nSPS) is 11.9. The van der Waals surface area contributed by atoms with Crippen molar-refractivity contribution in [3.05, 3.63) is 35.4 Å². The van der Waals surface area contributed by atoms with Gasteiger partial charge in [0.05, 0.1) is 0 Å². The molecular formula is C16H23NO3S. The first-order valence-corrected chi connectivity index (χ1v) is 8.50. The molecule has 5 heteroatoms. The highest BCUT2D eigenvalue weighted by Crippen LogP contribution is 2.11. The molecule has 1 aromatic carbocycles. The molecule has 0 aliphatic heterocycles. The highest BCUT2D eigenvalue weighted by atomic mass is 32.2. The minimum Gasteiger partial charge on any atom is -0.481 e. The molecule has 1 atom stereocenters. The van der Waals surface area contributed by atoms with Gasteiger partial charge in [-0.2, -0.15) is 11.8 Å². The first-order valence-electron chi connectivity index (χ1n) is 7.10. The molecule has 0 radical (unpaired) electrons. The van der Waals surface area contributed by atoms with Gasteiger partial charge in [0.15, 0.2) is 0 Å². The van der Waals surface area contributed by atoms with Crippen LogP contribution in [0.15, 0.2) is 24.3 Å². The van der Waals surface area contributed by atoms with Crippen LogP contribution in [0.2, 0.25) is 0 Å². The van der Waals surface area contributed by atoms with Gasteiger partial charge in [-0.3, -0.25) is 9.59 Å². The van der Waals surface area contributed by atoms with Crippen molar-refractivity contribution in [2.45, 2.75) is 31.9 Å². The molecule has 0 saturated carbocycles. The van der Waals surface area contributed by atoms with Gasteiger partial charge in [0, 0.05) is 24.3 Å². The molecule has 2 N–H and O–H groups in total. The number of carbonyl (C=O) groups is 2. The summed E-state index contributed by atoms with van der Waals surface area (Å²) in [6.07, 6.45) is 3.68. The molecule has 1 rings (SSSR count). The van der Waals surface area contributed by atoms with Gasteiger partial charge in [0.1, 0.15) is 0 Å². The minimum absolute atomic E-state index is 0.0730. The maximum Gasteiger partial charge on any atom is 0.303 e. The van der Waals surface area contributed by atoms with Crippen LogP contribution >= 0.6 is 11.8 Å². The fourth-order valence-electron chi connectivity index (χ4n) is 1.97. The van der Waals surface area contributed by atoms with E-state index < -0.39 is 5.97 Å². The Morgan fingerprint density at radius 3 is 2.48 bits per heavy atom. The number of aliphatic carboxylic acids is 1. The van der Waals surface area contributed by atoms with E-state index in [9.17, 15) is 9.59 Å². The van der Waals surface area contributed by atoms with E-state index >= 15 is 0 Å². The molecule has 4 nitrogen and oxygen atoms in total. The lowest BCUT2D eigenvalue weighted by molar-refractivity contribution is -0.137. The Kier molecular flexibility index (Phi) is 7.90. The molecule has 0 saturated heterocycles. The molecule has 0 aliphatic rings. The van der Waals surface area contributed by atoms with E-state index in [0.717, 1.165) is 12.2 Å². The maximum absolute atomic E-state index is 12.0. The Morgan fingerprint density at radius 2 is 1.90 bits per heavy atom. The quantitative estimate of drug-likeness (QED) is 0.735. The number of benzene rings is 1. The number of carboxylic acids is 1. The summed E-state index contributed by atoms with van der Waals surface area (Å²) in [4.78, 5) is 22.4. The summed E-state index contributed by atoms with van der Waals surface area (Å²) in [5.41, 5.74) is 1.87. The Labute approximate surface area is 130 Å². The van der Waals surface area contributed by atoms with Crippen molar-refractivity contribution in [2.75, 3.05) is 12.8 Å². The van der Waals surface area contributed by atoms with Crippen molar-refractivity contribution in [3.63, 3.8) is 0 Å². The summed E-state index contributed by atoms with van der Waals surface area (Å²) in [7, 11) is 0. The predicted octanol–water partition coefficient (Wildman–Crippen LogP) is 3.17. The van der Waals surface area contributed by atoms with Gasteiger partial charge in [-0.1, -0.05) is 19.1 Å². The van der Waals surface area contributed by atoms with E-state index in [0.29, 0.717) is 24.4 Å². The second-order valence-corrected chi connectivity index (χ2v) is 6.08. The Balaban J connectivity index is 2.31. The molecule has 21 heavy (non-hydrogen) atoms. The number of carbonyl (C=O) groups excluding carboxylic acids is 1. The van der Waals surface area contributed by atoms with Crippen LogP contribution in [0.4, 0.5) is 0 Å². The zero-order valence-electron chi connectivity index (χ0n) is 12.6. The van der Waals surface area contributed by atoms with Gasteiger partial charge in [-0.15, -0.1) is 0 Å². The van der Waals surface area contributed by atoms with Gasteiger partial charge in [-0.05, 0) is 42.7 Å². The fourth-order valence-corrected chi connectivity index (χ4v) is 2.49. The second-order valence-electron chi connectivity index (χ2n) is 5.21. The Morgan fingerprint density at radius 1 is 1.24 bits per heavy atom. The van der Waals surface area contributed by atoms with Crippen LogP contribution in [0.3, 0.4) is 0 Å². The molecule has 0 aromatic heterocycles. The molecule has 1 unspecified atom stereocenters. The van der Waals surface area contributed by atoms with Crippen LogP contribution in [0.25, 0.3) is 0 Å². The third kappa shape index (κ3) is 7.18. The van der Waals surface area contributed by atoms with Crippen LogP contribution in [0.5, 0.6) is 0 Å². The topological polar surface area (TPSA) is 66.4 Å². The van der Waals surface area contributed by atoms with E-state index in [1.165, 1.54) is 5.56 Å². The molecule has 1 amide bonds. The van der Waals surface area contributed by atoms with E-state index in [1.54, 1.807) is 11.8 Å². The third-order valence-corrected chi connectivity index (χ3v) is 3.92. The third-order valence-electron chi connectivity index (χ3n) is 3.30. The fraction of sp³-hybridized carbons (Fsp3) is 0.500. The van der Waals surface area contributed by atoms with E-state index in [4.69, 9.17) is 5.11 Å². The molecule has 0 aliphatic carbocycles. The largest absolute Gasteiger partial charge is 0.481 e. The first kappa shape index (κ1) is 17.6. The molecule has 0 heterocycles. The number of hydrogen-bond acceptors (Lipinski definition) is 3.